The Hall–Kier alpha value is -5.52. The van der Waals surface area contributed by atoms with Gasteiger partial charge in [-0.25, -0.2) is 15.0 Å². The second kappa shape index (κ2) is 15.5. The Morgan fingerprint density at radius 3 is 1.28 bits per heavy atom. The predicted molar refractivity (Wildman–Crippen MR) is 265 cm³/mol. The van der Waals surface area contributed by atoms with Crippen molar-refractivity contribution < 1.29 is 0 Å². The molecule has 0 saturated carbocycles. The van der Waals surface area contributed by atoms with E-state index in [0.29, 0.717) is 37.4 Å². The molecule has 0 saturated heterocycles. The summed E-state index contributed by atoms with van der Waals surface area (Å²) in [6.07, 6.45) is 0. The van der Waals surface area contributed by atoms with Crippen molar-refractivity contribution >= 4 is 178 Å². The maximum atomic E-state index is 6.98. The molecule has 0 aliphatic carbocycles. The number of fused-ring (bicyclic) bond motifs is 3. The second-order valence-corrected chi connectivity index (χ2v) is 15.4. The largest absolute Gasteiger partial charge is 0.208 e. The highest BCUT2D eigenvalue weighted by Gasteiger charge is 2.25. The third-order valence-corrected chi connectivity index (χ3v) is 12.1. The molecule has 0 N–H and O–H groups in total. The van der Waals surface area contributed by atoms with E-state index < -0.39 is 0 Å². The van der Waals surface area contributed by atoms with E-state index in [2.05, 4.69) is 0 Å². The zero-order valence-electron chi connectivity index (χ0n) is 32.0. The van der Waals surface area contributed by atoms with Crippen LogP contribution in [0.2, 0.25) is 0 Å². The molecule has 0 bridgehead atoms. The predicted octanol–water partition coefficient (Wildman–Crippen LogP) is -1.03. The van der Waals surface area contributed by atoms with E-state index >= 15 is 0 Å². The third kappa shape index (κ3) is 6.48. The first kappa shape index (κ1) is 39.9. The lowest BCUT2D eigenvalue weighted by molar-refractivity contribution is 1.08. The summed E-state index contributed by atoms with van der Waals surface area (Å²) >= 11 is 1.23. The van der Waals surface area contributed by atoms with Crippen LogP contribution in [0, 0.1) is 0 Å². The summed E-state index contributed by atoms with van der Waals surface area (Å²) in [6, 6.07) is 35.9. The Morgan fingerprint density at radius 2 is 0.683 bits per heavy atom. The summed E-state index contributed by atoms with van der Waals surface area (Å²) in [7, 11) is 73.4. The molecule has 9 rings (SSSR count). The zero-order valence-corrected chi connectivity index (χ0v) is 32.8. The fourth-order valence-corrected chi connectivity index (χ4v) is 9.01. The first-order valence-electron chi connectivity index (χ1n) is 18.6. The lowest BCUT2D eigenvalue weighted by Crippen LogP contribution is -2.48. The van der Waals surface area contributed by atoms with Crippen LogP contribution in [0.3, 0.4) is 0 Å². The molecular weight excluding hydrogens is 734 g/mol. The smallest absolute Gasteiger partial charge is 0.164 e. The van der Waals surface area contributed by atoms with Crippen molar-refractivity contribution in [3.8, 4) is 67.5 Å². The molecule has 0 unspecified atom stereocenters. The fourth-order valence-electron chi connectivity index (χ4n) is 7.64. The van der Waals surface area contributed by atoms with Crippen molar-refractivity contribution in [3.63, 3.8) is 0 Å². The normalized spacial score (nSPS) is 11.4. The molecule has 0 spiro atoms. The quantitative estimate of drug-likeness (QED) is 0.205. The molecule has 0 amide bonds. The molecule has 252 valence electrons. The number of benzene rings is 7. The summed E-state index contributed by atoms with van der Waals surface area (Å²) in [5.74, 6) is 0.891. The van der Waals surface area contributed by atoms with Crippen LogP contribution in [-0.2, 0) is 0 Å². The van der Waals surface area contributed by atoms with Gasteiger partial charge in [0.2, 0.25) is 0 Å². The molecule has 60 heavy (non-hydrogen) atoms. The van der Waals surface area contributed by atoms with Crippen LogP contribution < -0.4 is 60.1 Å². The number of hydrogen-bond donors (Lipinski definition) is 0. The maximum absolute atomic E-state index is 6.98. The minimum Gasteiger partial charge on any atom is -0.208 e. The first-order valence-corrected chi connectivity index (χ1v) is 19.5. The molecule has 2 aromatic heterocycles. The molecule has 0 atom stereocenters. The Kier molecular flexibility index (Phi) is 10.3. The van der Waals surface area contributed by atoms with Crippen molar-refractivity contribution in [1.82, 2.24) is 15.0 Å². The van der Waals surface area contributed by atoms with E-state index in [4.69, 9.17) is 101 Å². The highest BCUT2D eigenvalue weighted by Crippen LogP contribution is 2.35. The van der Waals surface area contributed by atoms with Crippen LogP contribution in [0.25, 0.3) is 87.7 Å². The van der Waals surface area contributed by atoms with Gasteiger partial charge in [-0.2, -0.15) is 0 Å². The lowest BCUT2D eigenvalue weighted by Gasteiger charge is -2.25. The fraction of sp³-hybridized carbons (Fsp3) is 0. The van der Waals surface area contributed by atoms with Crippen molar-refractivity contribution in [2.24, 2.45) is 0 Å². The highest BCUT2D eigenvalue weighted by atomic mass is 32.1. The SMILES string of the molecule is [B]c1c([B])c(-c2c([B])c([B])c([B])c3c2sc2c([B])c([B])c([B])c([B])c23)c([B])c([B])c1-c1nc(-c2ccc(-c3ccccc3)cc2)nc(-c2cccc(-c3ccccc3)c2)n1. The number of nitrogens with zero attached hydrogens (tertiary/aromatic N) is 3. The van der Waals surface area contributed by atoms with Gasteiger partial charge in [-0.1, -0.05) is 147 Å². The van der Waals surface area contributed by atoms with Crippen LogP contribution in [0.5, 0.6) is 0 Å². The number of hydrogen-bond acceptors (Lipinski definition) is 4. The molecule has 0 aliphatic heterocycles. The Labute approximate surface area is 367 Å². The summed E-state index contributed by atoms with van der Waals surface area (Å²) in [5, 5.41) is 0.924. The summed E-state index contributed by atoms with van der Waals surface area (Å²) in [4.78, 5) is 14.9. The van der Waals surface area contributed by atoms with Crippen molar-refractivity contribution in [2.45, 2.75) is 0 Å². The molecule has 2 heterocycles. The van der Waals surface area contributed by atoms with E-state index in [1.807, 2.05) is 109 Å². The molecular formula is C45H18B11N3S. The van der Waals surface area contributed by atoms with E-state index in [1.54, 1.807) is 0 Å². The van der Waals surface area contributed by atoms with Gasteiger partial charge in [-0.3, -0.25) is 0 Å². The average molecular weight is 752 g/mol. The second-order valence-electron chi connectivity index (χ2n) is 14.4. The third-order valence-electron chi connectivity index (χ3n) is 10.9. The van der Waals surface area contributed by atoms with Crippen molar-refractivity contribution in [1.29, 1.82) is 0 Å². The minimum absolute atomic E-state index is 0.0492. The Bertz CT molecular complexity index is 3180. The molecule has 22 radical (unpaired) electrons. The van der Waals surface area contributed by atoms with E-state index in [1.165, 1.54) is 11.3 Å². The van der Waals surface area contributed by atoms with Crippen LogP contribution in [0.4, 0.5) is 0 Å². The van der Waals surface area contributed by atoms with E-state index in [-0.39, 0.29) is 77.0 Å². The monoisotopic (exact) mass is 753 g/mol. The van der Waals surface area contributed by atoms with E-state index in [9.17, 15) is 0 Å². The summed E-state index contributed by atoms with van der Waals surface area (Å²) < 4.78 is 1.05. The lowest BCUT2D eigenvalue weighted by atomic mass is 9.60. The van der Waals surface area contributed by atoms with Gasteiger partial charge in [0.1, 0.15) is 86.3 Å². The Balaban J connectivity index is 1.27. The highest BCUT2D eigenvalue weighted by molar-refractivity contribution is 7.28. The summed E-state index contributed by atoms with van der Waals surface area (Å²) in [6.45, 7) is 0. The van der Waals surface area contributed by atoms with Gasteiger partial charge in [-0.05, 0) is 50.2 Å². The number of thiophene rings is 1. The van der Waals surface area contributed by atoms with Gasteiger partial charge < -0.3 is 0 Å². The molecule has 3 nitrogen and oxygen atoms in total. The molecule has 15 heteroatoms. The van der Waals surface area contributed by atoms with Gasteiger partial charge in [0.25, 0.3) is 0 Å². The van der Waals surface area contributed by atoms with Gasteiger partial charge in [0, 0.05) is 26.1 Å². The standard InChI is InChI=1S/C45H18B11N3S/c46-30-25(26-32(48)37(53)33(49)27-28-34(50)38(54)39(55)40(56)42(28)60-41(26)27)31(47)36(52)29(35(30)51)45-58-43(22-16-14-21(15-17-22)19-8-3-1-4-9-19)57-44(59-45)24-13-7-12-23(18-24)20-10-5-2-6-11-20/h1-18H. The molecule has 7 aromatic carbocycles. The Morgan fingerprint density at radius 1 is 0.283 bits per heavy atom. The molecule has 9 aromatic rings. The van der Waals surface area contributed by atoms with Gasteiger partial charge in [-0.15, -0.1) is 27.7 Å². The average Bonchev–Trinajstić information content (AvgIpc) is 3.69. The molecule has 0 aliphatic rings. The van der Waals surface area contributed by atoms with Crippen LogP contribution in [0.15, 0.2) is 109 Å². The molecule has 0 fully saturated rings. The van der Waals surface area contributed by atoms with Crippen LogP contribution in [0.1, 0.15) is 0 Å². The first-order chi connectivity index (χ1) is 28.8. The topological polar surface area (TPSA) is 38.7 Å². The summed E-state index contributed by atoms with van der Waals surface area (Å²) in [5.41, 5.74) is 7.52. The number of rotatable bonds is 6. The van der Waals surface area contributed by atoms with Crippen LogP contribution in [-0.4, -0.2) is 101 Å². The van der Waals surface area contributed by atoms with Crippen LogP contribution >= 0.6 is 11.3 Å². The number of aromatic nitrogens is 3. The van der Waals surface area contributed by atoms with Gasteiger partial charge in [0.05, 0.1) is 0 Å². The van der Waals surface area contributed by atoms with Crippen molar-refractivity contribution in [2.75, 3.05) is 0 Å². The van der Waals surface area contributed by atoms with Gasteiger partial charge >= 0.3 is 0 Å². The van der Waals surface area contributed by atoms with E-state index in [0.717, 1.165) is 33.4 Å². The van der Waals surface area contributed by atoms with Crippen molar-refractivity contribution in [3.05, 3.63) is 109 Å². The zero-order chi connectivity index (χ0) is 42.1. The minimum atomic E-state index is 0.0492. The van der Waals surface area contributed by atoms with Gasteiger partial charge in [0.15, 0.2) is 17.5 Å². The maximum Gasteiger partial charge on any atom is 0.164 e.